The number of nitrogens with one attached hydrogen (secondary N) is 1. The lowest BCUT2D eigenvalue weighted by Crippen LogP contribution is -2.11. The van der Waals surface area contributed by atoms with Crippen LogP contribution in [0.1, 0.15) is 30.6 Å². The molecule has 1 atom stereocenters. The van der Waals surface area contributed by atoms with Gasteiger partial charge in [0.25, 0.3) is 0 Å². The van der Waals surface area contributed by atoms with Crippen molar-refractivity contribution in [3.8, 4) is 0 Å². The van der Waals surface area contributed by atoms with Gasteiger partial charge >= 0.3 is 0 Å². The molecule has 0 radical (unpaired) electrons. The van der Waals surface area contributed by atoms with Gasteiger partial charge in [-0.3, -0.25) is 9.67 Å². The van der Waals surface area contributed by atoms with Crippen molar-refractivity contribution in [2.75, 3.05) is 5.32 Å². The van der Waals surface area contributed by atoms with Crippen molar-refractivity contribution in [1.29, 1.82) is 0 Å². The second-order valence-corrected chi connectivity index (χ2v) is 5.02. The predicted octanol–water partition coefficient (Wildman–Crippen LogP) is 2.63. The quantitative estimate of drug-likeness (QED) is 0.796. The number of anilines is 1. The van der Waals surface area contributed by atoms with Crippen LogP contribution in [0.4, 0.5) is 5.82 Å². The molecular formula is C15H18N6. The summed E-state index contributed by atoms with van der Waals surface area (Å²) in [5.41, 5.74) is 2.91. The first-order valence-corrected chi connectivity index (χ1v) is 7.01. The maximum absolute atomic E-state index is 4.42. The zero-order chi connectivity index (χ0) is 14.8. The highest BCUT2D eigenvalue weighted by Gasteiger charge is 2.16. The van der Waals surface area contributed by atoms with Gasteiger partial charge in [0.1, 0.15) is 12.1 Å². The lowest BCUT2D eigenvalue weighted by Gasteiger charge is -2.18. The number of fused-ring (bicyclic) bond motifs is 1. The van der Waals surface area contributed by atoms with E-state index in [0.717, 1.165) is 34.5 Å². The average Bonchev–Trinajstić information content (AvgIpc) is 2.81. The topological polar surface area (TPSA) is 68.5 Å². The molecule has 0 fully saturated rings. The van der Waals surface area contributed by atoms with Crippen LogP contribution in [0.25, 0.3) is 11.0 Å². The molecule has 0 aliphatic rings. The Morgan fingerprint density at radius 3 is 2.90 bits per heavy atom. The number of aryl methyl sites for hydroxylation is 2. The molecule has 1 N–H and O–H groups in total. The Hall–Kier alpha value is -2.50. The minimum Gasteiger partial charge on any atom is -0.362 e. The summed E-state index contributed by atoms with van der Waals surface area (Å²) in [6.07, 6.45) is 6.18. The number of hydrogen-bond donors (Lipinski definition) is 1. The van der Waals surface area contributed by atoms with Crippen LogP contribution < -0.4 is 5.32 Å². The van der Waals surface area contributed by atoms with E-state index in [0.29, 0.717) is 0 Å². The van der Waals surface area contributed by atoms with Crippen LogP contribution in [0, 0.1) is 6.92 Å². The highest BCUT2D eigenvalue weighted by atomic mass is 15.3. The molecule has 0 saturated heterocycles. The third-order valence-electron chi connectivity index (χ3n) is 3.60. The van der Waals surface area contributed by atoms with Crippen LogP contribution in [0.5, 0.6) is 0 Å². The first-order chi connectivity index (χ1) is 10.2. The van der Waals surface area contributed by atoms with Crippen LogP contribution in [-0.4, -0.2) is 24.7 Å². The van der Waals surface area contributed by atoms with Crippen molar-refractivity contribution in [3.63, 3.8) is 0 Å². The summed E-state index contributed by atoms with van der Waals surface area (Å²) in [4.78, 5) is 12.9. The van der Waals surface area contributed by atoms with E-state index in [4.69, 9.17) is 0 Å². The summed E-state index contributed by atoms with van der Waals surface area (Å²) in [5.74, 6) is 0.821. The van der Waals surface area contributed by atoms with Gasteiger partial charge in [0.15, 0.2) is 5.65 Å². The predicted molar refractivity (Wildman–Crippen MR) is 81.9 cm³/mol. The molecule has 0 saturated carbocycles. The molecule has 108 valence electrons. The highest BCUT2D eigenvalue weighted by molar-refractivity contribution is 5.89. The minimum atomic E-state index is 0.163. The molecule has 6 heteroatoms. The Labute approximate surface area is 123 Å². The van der Waals surface area contributed by atoms with E-state index >= 15 is 0 Å². The van der Waals surface area contributed by atoms with Crippen LogP contribution in [0.3, 0.4) is 0 Å². The largest absolute Gasteiger partial charge is 0.362 e. The lowest BCUT2D eigenvalue weighted by atomic mass is 10.1. The molecule has 3 aromatic heterocycles. The Morgan fingerprint density at radius 1 is 1.33 bits per heavy atom. The summed E-state index contributed by atoms with van der Waals surface area (Å²) in [7, 11) is 1.89. The number of rotatable bonds is 4. The summed E-state index contributed by atoms with van der Waals surface area (Å²) in [6.45, 7) is 4.11. The lowest BCUT2D eigenvalue weighted by molar-refractivity contribution is 0.741. The molecule has 0 bridgehead atoms. The number of pyridine rings is 1. The highest BCUT2D eigenvalue weighted by Crippen LogP contribution is 2.27. The Kier molecular flexibility index (Phi) is 3.51. The number of aromatic nitrogens is 5. The maximum Gasteiger partial charge on any atom is 0.163 e. The van der Waals surface area contributed by atoms with Gasteiger partial charge in [-0.05, 0) is 25.0 Å². The van der Waals surface area contributed by atoms with Gasteiger partial charge in [0.2, 0.25) is 0 Å². The standard InChI is InChI=1S/C15H18N6/c1-4-12(11-6-5-7-16-8-11)19-14-13-10(2)20-21(3)15(13)18-9-17-14/h5-9,12H,4H2,1-3H3,(H,17,18,19)/t12-/m0/s1. The molecule has 0 aliphatic heterocycles. The first-order valence-electron chi connectivity index (χ1n) is 7.01. The van der Waals surface area contributed by atoms with Gasteiger partial charge in [0.05, 0.1) is 17.1 Å². The van der Waals surface area contributed by atoms with Crippen molar-refractivity contribution >= 4 is 16.9 Å². The van der Waals surface area contributed by atoms with Gasteiger partial charge in [-0.25, -0.2) is 9.97 Å². The molecule has 0 aromatic carbocycles. The van der Waals surface area contributed by atoms with Gasteiger partial charge in [0, 0.05) is 19.4 Å². The molecule has 3 aromatic rings. The Morgan fingerprint density at radius 2 is 2.19 bits per heavy atom. The maximum atomic E-state index is 4.42. The van der Waals surface area contributed by atoms with Gasteiger partial charge in [-0.15, -0.1) is 0 Å². The first kappa shape index (κ1) is 13.5. The van der Waals surface area contributed by atoms with E-state index in [1.165, 1.54) is 0 Å². The third kappa shape index (κ3) is 2.44. The Bertz CT molecular complexity index is 749. The van der Waals surface area contributed by atoms with Crippen molar-refractivity contribution in [1.82, 2.24) is 24.7 Å². The smallest absolute Gasteiger partial charge is 0.163 e. The van der Waals surface area contributed by atoms with Gasteiger partial charge in [-0.2, -0.15) is 5.10 Å². The van der Waals surface area contributed by atoms with Crippen LogP contribution in [0.15, 0.2) is 30.9 Å². The van der Waals surface area contributed by atoms with Gasteiger partial charge < -0.3 is 5.32 Å². The molecule has 0 unspecified atom stereocenters. The normalized spacial score (nSPS) is 12.5. The summed E-state index contributed by atoms with van der Waals surface area (Å²) in [5, 5.41) is 8.89. The second kappa shape index (κ2) is 5.47. The molecule has 0 spiro atoms. The molecule has 0 amide bonds. The fourth-order valence-electron chi connectivity index (χ4n) is 2.55. The third-order valence-corrected chi connectivity index (χ3v) is 3.60. The molecule has 21 heavy (non-hydrogen) atoms. The Balaban J connectivity index is 2.01. The molecule has 0 aliphatic carbocycles. The van der Waals surface area contributed by atoms with Crippen LogP contribution in [-0.2, 0) is 7.05 Å². The zero-order valence-electron chi connectivity index (χ0n) is 12.4. The van der Waals surface area contributed by atoms with E-state index in [2.05, 4.69) is 38.4 Å². The van der Waals surface area contributed by atoms with Crippen LogP contribution in [0.2, 0.25) is 0 Å². The van der Waals surface area contributed by atoms with Crippen molar-refractivity contribution in [3.05, 3.63) is 42.1 Å². The number of nitrogens with zero attached hydrogens (tertiary/aromatic N) is 5. The average molecular weight is 282 g/mol. The fourth-order valence-corrected chi connectivity index (χ4v) is 2.55. The fraction of sp³-hybridized carbons (Fsp3) is 0.333. The molecule has 3 heterocycles. The van der Waals surface area contributed by atoms with E-state index < -0.39 is 0 Å². The summed E-state index contributed by atoms with van der Waals surface area (Å²) in [6, 6.07) is 4.18. The van der Waals surface area contributed by atoms with Crippen molar-refractivity contribution < 1.29 is 0 Å². The van der Waals surface area contributed by atoms with Gasteiger partial charge in [-0.1, -0.05) is 13.0 Å². The SMILES string of the molecule is CC[C@H](Nc1ncnc2c1c(C)nn2C)c1cccnc1. The zero-order valence-corrected chi connectivity index (χ0v) is 12.4. The summed E-state index contributed by atoms with van der Waals surface area (Å²) >= 11 is 0. The van der Waals surface area contributed by atoms with Crippen molar-refractivity contribution in [2.24, 2.45) is 7.05 Å². The van der Waals surface area contributed by atoms with E-state index in [9.17, 15) is 0 Å². The number of hydrogen-bond acceptors (Lipinski definition) is 5. The van der Waals surface area contributed by atoms with E-state index in [-0.39, 0.29) is 6.04 Å². The van der Waals surface area contributed by atoms with Crippen LogP contribution >= 0.6 is 0 Å². The molecule has 6 nitrogen and oxygen atoms in total. The minimum absolute atomic E-state index is 0.163. The van der Waals surface area contributed by atoms with E-state index in [1.807, 2.05) is 26.2 Å². The second-order valence-electron chi connectivity index (χ2n) is 5.02. The molecular weight excluding hydrogens is 264 g/mol. The van der Waals surface area contributed by atoms with E-state index in [1.54, 1.807) is 17.2 Å². The molecule has 3 rings (SSSR count). The van der Waals surface area contributed by atoms with Crippen molar-refractivity contribution in [2.45, 2.75) is 26.3 Å². The monoisotopic (exact) mass is 282 g/mol. The summed E-state index contributed by atoms with van der Waals surface area (Å²) < 4.78 is 1.78.